The molecule has 1 unspecified atom stereocenters. The van der Waals surface area contributed by atoms with Gasteiger partial charge in [-0.3, -0.25) is 4.90 Å². The summed E-state index contributed by atoms with van der Waals surface area (Å²) in [7, 11) is 0. The monoisotopic (exact) mass is 222 g/mol. The van der Waals surface area contributed by atoms with Crippen molar-refractivity contribution in [3.05, 3.63) is 29.8 Å². The molecule has 1 rings (SSSR count). The fourth-order valence-corrected chi connectivity index (χ4v) is 1.94. The first kappa shape index (κ1) is 13.0. The van der Waals surface area contributed by atoms with E-state index in [1.54, 1.807) is 0 Å². The van der Waals surface area contributed by atoms with Crippen LogP contribution in [0.3, 0.4) is 0 Å². The Hall–Kier alpha value is -1.06. The highest BCUT2D eigenvalue weighted by molar-refractivity contribution is 5.41. The van der Waals surface area contributed by atoms with Crippen molar-refractivity contribution >= 4 is 5.69 Å². The zero-order valence-electron chi connectivity index (χ0n) is 10.2. The topological polar surface area (TPSA) is 49.5 Å². The van der Waals surface area contributed by atoms with Gasteiger partial charge in [0, 0.05) is 18.3 Å². The Morgan fingerprint density at radius 2 is 2.12 bits per heavy atom. The van der Waals surface area contributed by atoms with Crippen molar-refractivity contribution in [1.29, 1.82) is 0 Å². The molecule has 0 bridgehead atoms. The maximum Gasteiger partial charge on any atom is 0.0558 e. The van der Waals surface area contributed by atoms with Crippen LogP contribution in [0.5, 0.6) is 0 Å². The molecule has 0 saturated heterocycles. The number of rotatable bonds is 6. The number of aliphatic hydroxyl groups is 1. The summed E-state index contributed by atoms with van der Waals surface area (Å²) in [6.07, 6.45) is 1.09. The van der Waals surface area contributed by atoms with E-state index in [4.69, 9.17) is 10.8 Å². The molecule has 0 radical (unpaired) electrons. The van der Waals surface area contributed by atoms with Gasteiger partial charge < -0.3 is 10.8 Å². The van der Waals surface area contributed by atoms with Crippen molar-refractivity contribution in [3.8, 4) is 0 Å². The zero-order chi connectivity index (χ0) is 12.0. The van der Waals surface area contributed by atoms with Crippen molar-refractivity contribution in [2.75, 3.05) is 25.4 Å². The van der Waals surface area contributed by atoms with Crippen LogP contribution in [-0.4, -0.2) is 29.7 Å². The van der Waals surface area contributed by atoms with E-state index in [2.05, 4.69) is 24.8 Å². The smallest absolute Gasteiger partial charge is 0.0558 e. The Kier molecular flexibility index (Phi) is 5.29. The van der Waals surface area contributed by atoms with Gasteiger partial charge in [-0.05, 0) is 37.6 Å². The van der Waals surface area contributed by atoms with Gasteiger partial charge in [-0.2, -0.15) is 0 Å². The van der Waals surface area contributed by atoms with Crippen LogP contribution in [0.25, 0.3) is 0 Å². The first-order valence-corrected chi connectivity index (χ1v) is 5.89. The number of hydrogen-bond acceptors (Lipinski definition) is 3. The lowest BCUT2D eigenvalue weighted by atomic mass is 10.1. The summed E-state index contributed by atoms with van der Waals surface area (Å²) in [5, 5.41) is 9.05. The molecule has 0 aliphatic rings. The SMILES string of the molecule is CCCN(CCO)C(C)c1cccc(N)c1. The molecule has 0 amide bonds. The average molecular weight is 222 g/mol. The number of nitrogen functional groups attached to an aromatic ring is 1. The van der Waals surface area contributed by atoms with E-state index >= 15 is 0 Å². The van der Waals surface area contributed by atoms with Gasteiger partial charge in [0.15, 0.2) is 0 Å². The lowest BCUT2D eigenvalue weighted by Crippen LogP contribution is -2.30. The van der Waals surface area contributed by atoms with Crippen molar-refractivity contribution in [2.45, 2.75) is 26.3 Å². The van der Waals surface area contributed by atoms with Gasteiger partial charge in [0.05, 0.1) is 6.61 Å². The number of aliphatic hydroxyl groups excluding tert-OH is 1. The largest absolute Gasteiger partial charge is 0.399 e. The van der Waals surface area contributed by atoms with E-state index in [-0.39, 0.29) is 6.61 Å². The van der Waals surface area contributed by atoms with Crippen LogP contribution < -0.4 is 5.73 Å². The fraction of sp³-hybridized carbons (Fsp3) is 0.538. The molecule has 0 fully saturated rings. The molecule has 0 aliphatic heterocycles. The van der Waals surface area contributed by atoms with Gasteiger partial charge in [0.25, 0.3) is 0 Å². The lowest BCUT2D eigenvalue weighted by molar-refractivity contribution is 0.158. The van der Waals surface area contributed by atoms with Crippen LogP contribution in [0, 0.1) is 0 Å². The highest BCUT2D eigenvalue weighted by Crippen LogP contribution is 2.21. The quantitative estimate of drug-likeness (QED) is 0.724. The fourth-order valence-electron chi connectivity index (χ4n) is 1.94. The van der Waals surface area contributed by atoms with Crippen LogP contribution in [0.4, 0.5) is 5.69 Å². The molecule has 16 heavy (non-hydrogen) atoms. The molecule has 0 saturated carbocycles. The molecular formula is C13H22N2O. The van der Waals surface area contributed by atoms with Crippen LogP contribution >= 0.6 is 0 Å². The van der Waals surface area contributed by atoms with Gasteiger partial charge in [0.2, 0.25) is 0 Å². The standard InChI is InChI=1S/C13H22N2O/c1-3-7-15(8-9-16)11(2)12-5-4-6-13(14)10-12/h4-6,10-11,16H,3,7-9,14H2,1-2H3. The third-order valence-corrected chi connectivity index (χ3v) is 2.84. The summed E-state index contributed by atoms with van der Waals surface area (Å²) in [6, 6.07) is 8.26. The van der Waals surface area contributed by atoms with Gasteiger partial charge in [-0.1, -0.05) is 19.1 Å². The van der Waals surface area contributed by atoms with E-state index in [0.717, 1.165) is 18.7 Å². The Bertz CT molecular complexity index is 309. The molecule has 3 nitrogen and oxygen atoms in total. The number of hydrogen-bond donors (Lipinski definition) is 2. The minimum absolute atomic E-state index is 0.201. The molecule has 1 aromatic carbocycles. The van der Waals surface area contributed by atoms with Crippen molar-refractivity contribution < 1.29 is 5.11 Å². The Balaban J connectivity index is 2.76. The number of nitrogens with two attached hydrogens (primary N) is 1. The summed E-state index contributed by atoms with van der Waals surface area (Å²) >= 11 is 0. The molecule has 3 N–H and O–H groups in total. The Morgan fingerprint density at radius 1 is 1.38 bits per heavy atom. The third kappa shape index (κ3) is 3.51. The van der Waals surface area contributed by atoms with Crippen molar-refractivity contribution in [3.63, 3.8) is 0 Å². The number of benzene rings is 1. The van der Waals surface area contributed by atoms with Crippen molar-refractivity contribution in [1.82, 2.24) is 4.90 Å². The van der Waals surface area contributed by atoms with Gasteiger partial charge in [0.1, 0.15) is 0 Å². The highest BCUT2D eigenvalue weighted by Gasteiger charge is 2.14. The molecule has 0 aromatic heterocycles. The van der Waals surface area contributed by atoms with E-state index in [1.807, 2.05) is 18.2 Å². The predicted molar refractivity (Wildman–Crippen MR) is 68.2 cm³/mol. The molecule has 1 aromatic rings. The van der Waals surface area contributed by atoms with E-state index in [1.165, 1.54) is 5.56 Å². The molecule has 0 aliphatic carbocycles. The molecule has 1 atom stereocenters. The van der Waals surface area contributed by atoms with Crippen LogP contribution in [0.15, 0.2) is 24.3 Å². The third-order valence-electron chi connectivity index (χ3n) is 2.84. The minimum Gasteiger partial charge on any atom is -0.399 e. The van der Waals surface area contributed by atoms with Crippen LogP contribution in [0.1, 0.15) is 31.9 Å². The minimum atomic E-state index is 0.201. The molecule has 0 heterocycles. The second kappa shape index (κ2) is 6.51. The molecule has 0 spiro atoms. The first-order chi connectivity index (χ1) is 7.69. The van der Waals surface area contributed by atoms with Gasteiger partial charge in [-0.25, -0.2) is 0 Å². The Labute approximate surface area is 97.9 Å². The first-order valence-electron chi connectivity index (χ1n) is 5.89. The summed E-state index contributed by atoms with van der Waals surface area (Å²) in [4.78, 5) is 2.27. The summed E-state index contributed by atoms with van der Waals surface area (Å²) in [5.74, 6) is 0. The maximum atomic E-state index is 9.05. The second-order valence-corrected chi connectivity index (χ2v) is 4.11. The molecule has 3 heteroatoms. The average Bonchev–Trinajstić information content (AvgIpc) is 2.28. The normalized spacial score (nSPS) is 13.0. The molecular weight excluding hydrogens is 200 g/mol. The summed E-state index contributed by atoms with van der Waals surface area (Å²) < 4.78 is 0. The summed E-state index contributed by atoms with van der Waals surface area (Å²) in [5.41, 5.74) is 7.78. The molecule has 90 valence electrons. The van der Waals surface area contributed by atoms with Gasteiger partial charge in [-0.15, -0.1) is 0 Å². The lowest BCUT2D eigenvalue weighted by Gasteiger charge is -2.28. The highest BCUT2D eigenvalue weighted by atomic mass is 16.3. The second-order valence-electron chi connectivity index (χ2n) is 4.11. The zero-order valence-corrected chi connectivity index (χ0v) is 10.2. The van der Waals surface area contributed by atoms with E-state index in [9.17, 15) is 0 Å². The van der Waals surface area contributed by atoms with Crippen LogP contribution in [0.2, 0.25) is 0 Å². The predicted octanol–water partition coefficient (Wildman–Crippen LogP) is 2.03. The maximum absolute atomic E-state index is 9.05. The van der Waals surface area contributed by atoms with Crippen LogP contribution in [-0.2, 0) is 0 Å². The van der Waals surface area contributed by atoms with E-state index < -0.39 is 0 Å². The van der Waals surface area contributed by atoms with E-state index in [0.29, 0.717) is 12.6 Å². The van der Waals surface area contributed by atoms with Crippen molar-refractivity contribution in [2.24, 2.45) is 0 Å². The number of anilines is 1. The van der Waals surface area contributed by atoms with Gasteiger partial charge >= 0.3 is 0 Å². The Morgan fingerprint density at radius 3 is 2.69 bits per heavy atom. The number of nitrogens with zero attached hydrogens (tertiary/aromatic N) is 1. The summed E-state index contributed by atoms with van der Waals surface area (Å²) in [6.45, 7) is 6.21.